The molecule has 4 N–H and O–H groups in total. The van der Waals surface area contributed by atoms with E-state index in [0.717, 1.165) is 19.4 Å². The van der Waals surface area contributed by atoms with Crippen molar-refractivity contribution < 1.29 is 9.60 Å². The molecule has 0 saturated heterocycles. The van der Waals surface area contributed by atoms with Gasteiger partial charge in [0, 0.05) is 18.0 Å². The monoisotopic (exact) mass is 253 g/mol. The number of benzene rings is 1. The lowest BCUT2D eigenvalue weighted by Crippen LogP contribution is -2.21. The van der Waals surface area contributed by atoms with Crippen LogP contribution in [-0.2, 0) is 0 Å². The lowest BCUT2D eigenvalue weighted by Gasteiger charge is -2.14. The van der Waals surface area contributed by atoms with Crippen molar-refractivity contribution in [1.82, 2.24) is 5.32 Å². The standard InChI is InChI=1S/C13H20FN3O/c1-10(11-6-2-3-7-12(11)14)16-9-5-4-8-13(15)17-18/h2-3,6-7,10,16,18H,4-5,8-9H2,1H3,(H2,15,17)/t10-/m1/s1. The van der Waals surface area contributed by atoms with E-state index in [4.69, 9.17) is 10.9 Å². The summed E-state index contributed by atoms with van der Waals surface area (Å²) in [5.74, 6) is 0.0614. The molecule has 0 spiro atoms. The highest BCUT2D eigenvalue weighted by molar-refractivity contribution is 5.79. The van der Waals surface area contributed by atoms with Gasteiger partial charge in [-0.1, -0.05) is 23.4 Å². The van der Waals surface area contributed by atoms with Crippen molar-refractivity contribution in [2.45, 2.75) is 32.2 Å². The number of amidine groups is 1. The molecule has 0 bridgehead atoms. The summed E-state index contributed by atoms with van der Waals surface area (Å²) in [6.45, 7) is 2.70. The van der Waals surface area contributed by atoms with E-state index in [1.165, 1.54) is 6.07 Å². The third-order valence-corrected chi connectivity index (χ3v) is 2.81. The molecule has 0 aliphatic heterocycles. The minimum Gasteiger partial charge on any atom is -0.409 e. The molecule has 1 atom stereocenters. The van der Waals surface area contributed by atoms with E-state index in [-0.39, 0.29) is 17.7 Å². The predicted molar refractivity (Wildman–Crippen MR) is 70.1 cm³/mol. The van der Waals surface area contributed by atoms with Crippen molar-refractivity contribution in [2.75, 3.05) is 6.54 Å². The molecule has 4 nitrogen and oxygen atoms in total. The van der Waals surface area contributed by atoms with Crippen LogP contribution in [0.5, 0.6) is 0 Å². The number of oxime groups is 1. The second-order valence-corrected chi connectivity index (χ2v) is 4.25. The highest BCUT2D eigenvalue weighted by atomic mass is 19.1. The average Bonchev–Trinajstić information content (AvgIpc) is 2.38. The van der Waals surface area contributed by atoms with Crippen LogP contribution in [0.1, 0.15) is 37.8 Å². The van der Waals surface area contributed by atoms with E-state index in [2.05, 4.69) is 10.5 Å². The summed E-state index contributed by atoms with van der Waals surface area (Å²) < 4.78 is 13.5. The first-order valence-corrected chi connectivity index (χ1v) is 6.09. The van der Waals surface area contributed by atoms with Crippen LogP contribution in [0.3, 0.4) is 0 Å². The van der Waals surface area contributed by atoms with Crippen LogP contribution in [0.2, 0.25) is 0 Å². The fourth-order valence-corrected chi connectivity index (χ4v) is 1.74. The van der Waals surface area contributed by atoms with Crippen LogP contribution >= 0.6 is 0 Å². The SMILES string of the molecule is C[C@@H](NCCCC/C(N)=N/O)c1ccccc1F. The van der Waals surface area contributed by atoms with Gasteiger partial charge in [-0.2, -0.15) is 0 Å². The average molecular weight is 253 g/mol. The lowest BCUT2D eigenvalue weighted by molar-refractivity contribution is 0.316. The second kappa shape index (κ2) is 7.66. The summed E-state index contributed by atoms with van der Waals surface area (Å²) in [5.41, 5.74) is 6.03. The van der Waals surface area contributed by atoms with Crippen LogP contribution < -0.4 is 11.1 Å². The summed E-state index contributed by atoms with van der Waals surface area (Å²) in [7, 11) is 0. The zero-order valence-corrected chi connectivity index (χ0v) is 10.6. The van der Waals surface area contributed by atoms with Gasteiger partial charge in [-0.3, -0.25) is 0 Å². The first-order chi connectivity index (χ1) is 8.65. The highest BCUT2D eigenvalue weighted by Gasteiger charge is 2.08. The van der Waals surface area contributed by atoms with E-state index in [0.29, 0.717) is 12.0 Å². The van der Waals surface area contributed by atoms with Gasteiger partial charge < -0.3 is 16.3 Å². The molecule has 0 amide bonds. The Morgan fingerprint density at radius 2 is 2.17 bits per heavy atom. The van der Waals surface area contributed by atoms with Crippen molar-refractivity contribution >= 4 is 5.84 Å². The van der Waals surface area contributed by atoms with Gasteiger partial charge in [-0.25, -0.2) is 4.39 Å². The lowest BCUT2D eigenvalue weighted by atomic mass is 10.1. The Bertz CT molecular complexity index is 396. The molecule has 0 aliphatic rings. The number of nitrogens with zero attached hydrogens (tertiary/aromatic N) is 1. The maximum Gasteiger partial charge on any atom is 0.139 e. The van der Waals surface area contributed by atoms with E-state index in [1.807, 2.05) is 13.0 Å². The Hall–Kier alpha value is -1.62. The van der Waals surface area contributed by atoms with Crippen molar-refractivity contribution in [1.29, 1.82) is 0 Å². The number of hydrogen-bond acceptors (Lipinski definition) is 3. The van der Waals surface area contributed by atoms with Gasteiger partial charge in [0.25, 0.3) is 0 Å². The van der Waals surface area contributed by atoms with Gasteiger partial charge in [0.2, 0.25) is 0 Å². The zero-order valence-electron chi connectivity index (χ0n) is 10.6. The molecule has 100 valence electrons. The molecule has 0 heterocycles. The van der Waals surface area contributed by atoms with Crippen LogP contribution in [0, 0.1) is 5.82 Å². The summed E-state index contributed by atoms with van der Waals surface area (Å²) in [4.78, 5) is 0. The largest absolute Gasteiger partial charge is 0.409 e. The zero-order chi connectivity index (χ0) is 13.4. The van der Waals surface area contributed by atoms with Gasteiger partial charge in [-0.05, 0) is 32.4 Å². The van der Waals surface area contributed by atoms with Gasteiger partial charge in [0.1, 0.15) is 11.7 Å². The maximum absolute atomic E-state index is 13.5. The Labute approximate surface area is 107 Å². The molecular formula is C13H20FN3O. The topological polar surface area (TPSA) is 70.6 Å². The third-order valence-electron chi connectivity index (χ3n) is 2.81. The number of hydrogen-bond donors (Lipinski definition) is 3. The summed E-state index contributed by atoms with van der Waals surface area (Å²) in [6, 6.07) is 6.74. The number of rotatable bonds is 7. The minimum absolute atomic E-state index is 0.0185. The normalized spacial score (nSPS) is 13.6. The molecule has 18 heavy (non-hydrogen) atoms. The predicted octanol–water partition coefficient (Wildman–Crippen LogP) is 2.39. The molecule has 0 aromatic heterocycles. The number of unbranched alkanes of at least 4 members (excludes halogenated alkanes) is 1. The maximum atomic E-state index is 13.5. The summed E-state index contributed by atoms with van der Waals surface area (Å²) >= 11 is 0. The first-order valence-electron chi connectivity index (χ1n) is 6.09. The minimum atomic E-state index is -0.186. The fourth-order valence-electron chi connectivity index (χ4n) is 1.74. The van der Waals surface area contributed by atoms with E-state index in [9.17, 15) is 4.39 Å². The van der Waals surface area contributed by atoms with Crippen molar-refractivity contribution in [3.8, 4) is 0 Å². The Morgan fingerprint density at radius 3 is 2.83 bits per heavy atom. The van der Waals surface area contributed by atoms with Crippen molar-refractivity contribution in [2.24, 2.45) is 10.9 Å². The number of nitrogens with one attached hydrogen (secondary N) is 1. The molecule has 0 unspecified atom stereocenters. The van der Waals surface area contributed by atoms with E-state index < -0.39 is 0 Å². The van der Waals surface area contributed by atoms with Crippen molar-refractivity contribution in [3.63, 3.8) is 0 Å². The molecule has 5 heteroatoms. The van der Waals surface area contributed by atoms with Crippen LogP contribution in [0.4, 0.5) is 4.39 Å². The highest BCUT2D eigenvalue weighted by Crippen LogP contribution is 2.15. The molecule has 0 fully saturated rings. The second-order valence-electron chi connectivity index (χ2n) is 4.25. The molecule has 0 radical (unpaired) electrons. The molecule has 1 rings (SSSR count). The quantitative estimate of drug-likeness (QED) is 0.230. The fraction of sp³-hybridized carbons (Fsp3) is 0.462. The van der Waals surface area contributed by atoms with Gasteiger partial charge in [0.15, 0.2) is 0 Å². The summed E-state index contributed by atoms with van der Waals surface area (Å²) in [5, 5.41) is 14.5. The van der Waals surface area contributed by atoms with Gasteiger partial charge in [0.05, 0.1) is 0 Å². The first kappa shape index (κ1) is 14.4. The van der Waals surface area contributed by atoms with Crippen LogP contribution in [0.25, 0.3) is 0 Å². The van der Waals surface area contributed by atoms with Gasteiger partial charge in [-0.15, -0.1) is 0 Å². The summed E-state index contributed by atoms with van der Waals surface area (Å²) in [6.07, 6.45) is 2.31. The van der Waals surface area contributed by atoms with E-state index in [1.54, 1.807) is 12.1 Å². The number of nitrogens with two attached hydrogens (primary N) is 1. The van der Waals surface area contributed by atoms with Crippen molar-refractivity contribution in [3.05, 3.63) is 35.6 Å². The third kappa shape index (κ3) is 4.71. The molecular weight excluding hydrogens is 233 g/mol. The Morgan fingerprint density at radius 1 is 1.44 bits per heavy atom. The Balaban J connectivity index is 2.26. The van der Waals surface area contributed by atoms with Crippen LogP contribution in [0.15, 0.2) is 29.4 Å². The van der Waals surface area contributed by atoms with E-state index >= 15 is 0 Å². The molecule has 0 aliphatic carbocycles. The van der Waals surface area contributed by atoms with Gasteiger partial charge >= 0.3 is 0 Å². The smallest absolute Gasteiger partial charge is 0.139 e. The molecule has 1 aromatic carbocycles. The molecule has 1 aromatic rings. The van der Waals surface area contributed by atoms with Crippen LogP contribution in [-0.4, -0.2) is 17.6 Å². The molecule has 0 saturated carbocycles. The Kier molecular flexibility index (Phi) is 6.14. The number of halogens is 1.